The van der Waals surface area contributed by atoms with Crippen LogP contribution < -0.4 is 0 Å². The van der Waals surface area contributed by atoms with Crippen LogP contribution >= 0.6 is 0 Å². The lowest BCUT2D eigenvalue weighted by Gasteiger charge is -2.34. The predicted octanol–water partition coefficient (Wildman–Crippen LogP) is 2.57. The Bertz CT molecular complexity index is 795. The first kappa shape index (κ1) is 15.9. The van der Waals surface area contributed by atoms with Crippen molar-refractivity contribution in [3.63, 3.8) is 0 Å². The molecule has 1 aromatic carbocycles. The van der Waals surface area contributed by atoms with Gasteiger partial charge < -0.3 is 0 Å². The summed E-state index contributed by atoms with van der Waals surface area (Å²) in [6, 6.07) is 9.74. The number of nitrogens with zero attached hydrogens (tertiary/aromatic N) is 4. The maximum Gasteiger partial charge on any atom is 0.275 e. The summed E-state index contributed by atoms with van der Waals surface area (Å²) in [5.41, 5.74) is 2.26. The molecular weight excluding hydrogens is 316 g/mol. The van der Waals surface area contributed by atoms with Gasteiger partial charge in [-0.15, -0.1) is 0 Å². The average Bonchev–Trinajstić information content (AvgIpc) is 3.20. The van der Waals surface area contributed by atoms with Crippen LogP contribution in [-0.2, 0) is 4.79 Å². The lowest BCUT2D eigenvalue weighted by Crippen LogP contribution is -2.48. The number of benzene rings is 1. The Balaban J connectivity index is 1.58. The van der Waals surface area contributed by atoms with Gasteiger partial charge in [-0.1, -0.05) is 24.6 Å². The van der Waals surface area contributed by atoms with Crippen LogP contribution in [0.15, 0.2) is 36.5 Å². The van der Waals surface area contributed by atoms with E-state index in [9.17, 15) is 9.59 Å². The lowest BCUT2D eigenvalue weighted by molar-refractivity contribution is -0.147. The van der Waals surface area contributed by atoms with E-state index < -0.39 is 0 Å². The number of hydrazine groups is 1. The van der Waals surface area contributed by atoms with E-state index >= 15 is 0 Å². The van der Waals surface area contributed by atoms with Crippen molar-refractivity contribution in [1.82, 2.24) is 19.8 Å². The molecule has 1 aliphatic heterocycles. The number of carbonyl (C=O) groups is 2. The molecule has 0 unspecified atom stereocenters. The van der Waals surface area contributed by atoms with Crippen LogP contribution in [0, 0.1) is 12.8 Å². The molecule has 2 aromatic rings. The summed E-state index contributed by atoms with van der Waals surface area (Å²) in [7, 11) is 0. The molecule has 130 valence electrons. The normalized spacial score (nSPS) is 17.6. The monoisotopic (exact) mass is 338 g/mol. The van der Waals surface area contributed by atoms with Crippen LogP contribution in [0.5, 0.6) is 0 Å². The highest BCUT2D eigenvalue weighted by atomic mass is 16.2. The van der Waals surface area contributed by atoms with Gasteiger partial charge in [0.15, 0.2) is 0 Å². The van der Waals surface area contributed by atoms with Crippen molar-refractivity contribution in [1.29, 1.82) is 0 Å². The molecule has 6 heteroatoms. The fourth-order valence-electron chi connectivity index (χ4n) is 3.51. The van der Waals surface area contributed by atoms with Gasteiger partial charge in [-0.3, -0.25) is 14.6 Å². The summed E-state index contributed by atoms with van der Waals surface area (Å²) in [5.74, 6) is 0.0663. The van der Waals surface area contributed by atoms with E-state index in [4.69, 9.17) is 0 Å². The van der Waals surface area contributed by atoms with Crippen molar-refractivity contribution in [2.45, 2.75) is 32.6 Å². The molecule has 2 aliphatic rings. The van der Waals surface area contributed by atoms with Gasteiger partial charge in [-0.2, -0.15) is 5.10 Å². The number of rotatable bonds is 3. The number of amides is 2. The Morgan fingerprint density at radius 2 is 1.76 bits per heavy atom. The molecule has 0 N–H and O–H groups in total. The molecule has 1 saturated heterocycles. The van der Waals surface area contributed by atoms with Gasteiger partial charge in [0.1, 0.15) is 0 Å². The molecule has 1 aromatic heterocycles. The highest BCUT2D eigenvalue weighted by molar-refractivity contribution is 5.96. The maximum absolute atomic E-state index is 13.0. The summed E-state index contributed by atoms with van der Waals surface area (Å²) in [6.07, 6.45) is 5.44. The summed E-state index contributed by atoms with van der Waals surface area (Å²) < 4.78 is 1.77. The number of hydrogen-bond donors (Lipinski definition) is 0. The summed E-state index contributed by atoms with van der Waals surface area (Å²) >= 11 is 0. The van der Waals surface area contributed by atoms with Crippen molar-refractivity contribution in [3.05, 3.63) is 47.8 Å². The zero-order valence-corrected chi connectivity index (χ0v) is 14.4. The van der Waals surface area contributed by atoms with Crippen molar-refractivity contribution < 1.29 is 9.59 Å². The van der Waals surface area contributed by atoms with Gasteiger partial charge in [0.25, 0.3) is 5.91 Å². The third kappa shape index (κ3) is 2.71. The molecule has 1 aliphatic carbocycles. The lowest BCUT2D eigenvalue weighted by atomic mass is 9.84. The largest absolute Gasteiger partial charge is 0.275 e. The molecular formula is C19H22N4O2. The highest BCUT2D eigenvalue weighted by Gasteiger charge is 2.37. The molecule has 0 spiro atoms. The zero-order chi connectivity index (χ0) is 17.4. The second kappa shape index (κ2) is 6.35. The first-order chi connectivity index (χ1) is 12.2. The number of carbonyl (C=O) groups excluding carboxylic acids is 2. The molecule has 2 fully saturated rings. The third-order valence-corrected chi connectivity index (χ3v) is 5.22. The van der Waals surface area contributed by atoms with Gasteiger partial charge in [0.2, 0.25) is 5.91 Å². The predicted molar refractivity (Wildman–Crippen MR) is 93.0 cm³/mol. The minimum Gasteiger partial charge on any atom is -0.273 e. The summed E-state index contributed by atoms with van der Waals surface area (Å²) in [5, 5.41) is 7.65. The molecule has 4 rings (SSSR count). The van der Waals surface area contributed by atoms with Crippen LogP contribution in [0.3, 0.4) is 0 Å². The van der Waals surface area contributed by atoms with Crippen LogP contribution in [-0.4, -0.2) is 44.7 Å². The van der Waals surface area contributed by atoms with Gasteiger partial charge in [-0.05, 0) is 38.3 Å². The van der Waals surface area contributed by atoms with Crippen LogP contribution in [0.4, 0.5) is 0 Å². The SMILES string of the molecule is Cc1c(C(=O)N2CCCN2C(=O)C2CCC2)cnn1-c1ccccc1. The minimum atomic E-state index is -0.134. The number of para-hydroxylation sites is 1. The molecule has 2 amide bonds. The molecule has 0 atom stereocenters. The van der Waals surface area contributed by atoms with E-state index in [1.54, 1.807) is 20.9 Å². The topological polar surface area (TPSA) is 58.4 Å². The standard InChI is InChI=1S/C19H22N4O2/c1-14-17(13-20-23(14)16-9-3-2-4-10-16)19(25)22-12-6-11-21(22)18(24)15-7-5-8-15/h2-4,9-10,13,15H,5-8,11-12H2,1H3. The molecule has 0 radical (unpaired) electrons. The Labute approximate surface area is 147 Å². The number of hydrogen-bond acceptors (Lipinski definition) is 3. The van der Waals surface area contributed by atoms with E-state index in [1.165, 1.54) is 0 Å². The maximum atomic E-state index is 13.0. The molecule has 0 bridgehead atoms. The smallest absolute Gasteiger partial charge is 0.273 e. The van der Waals surface area contributed by atoms with Gasteiger partial charge >= 0.3 is 0 Å². The molecule has 25 heavy (non-hydrogen) atoms. The van der Waals surface area contributed by atoms with Crippen molar-refractivity contribution >= 4 is 11.8 Å². The van der Waals surface area contributed by atoms with Crippen molar-refractivity contribution in [2.75, 3.05) is 13.1 Å². The Hall–Kier alpha value is -2.63. The van der Waals surface area contributed by atoms with Crippen molar-refractivity contribution in [2.24, 2.45) is 5.92 Å². The second-order valence-electron chi connectivity index (χ2n) is 6.76. The van der Waals surface area contributed by atoms with Crippen LogP contribution in [0.25, 0.3) is 5.69 Å². The molecule has 2 heterocycles. The van der Waals surface area contributed by atoms with E-state index in [2.05, 4.69) is 5.10 Å². The quantitative estimate of drug-likeness (QED) is 0.864. The fraction of sp³-hybridized carbons (Fsp3) is 0.421. The van der Waals surface area contributed by atoms with E-state index in [-0.39, 0.29) is 17.7 Å². The van der Waals surface area contributed by atoms with Crippen LogP contribution in [0.1, 0.15) is 41.7 Å². The average molecular weight is 338 g/mol. The van der Waals surface area contributed by atoms with Crippen LogP contribution in [0.2, 0.25) is 0 Å². The first-order valence-electron chi connectivity index (χ1n) is 8.90. The van der Waals surface area contributed by atoms with Gasteiger partial charge in [0.05, 0.1) is 23.1 Å². The minimum absolute atomic E-state index is 0.0986. The van der Waals surface area contributed by atoms with Gasteiger partial charge in [0, 0.05) is 19.0 Å². The summed E-state index contributed by atoms with van der Waals surface area (Å²) in [6.45, 7) is 3.11. The fourth-order valence-corrected chi connectivity index (χ4v) is 3.51. The Kier molecular flexibility index (Phi) is 4.03. The van der Waals surface area contributed by atoms with Crippen molar-refractivity contribution in [3.8, 4) is 5.69 Å². The number of aromatic nitrogens is 2. The summed E-state index contributed by atoms with van der Waals surface area (Å²) in [4.78, 5) is 25.6. The Morgan fingerprint density at radius 3 is 2.44 bits per heavy atom. The second-order valence-corrected chi connectivity index (χ2v) is 6.76. The molecule has 1 saturated carbocycles. The Morgan fingerprint density at radius 1 is 1.04 bits per heavy atom. The van der Waals surface area contributed by atoms with E-state index in [1.807, 2.05) is 37.3 Å². The zero-order valence-electron chi connectivity index (χ0n) is 14.4. The first-order valence-corrected chi connectivity index (χ1v) is 8.90. The van der Waals surface area contributed by atoms with E-state index in [0.29, 0.717) is 18.7 Å². The molecule has 6 nitrogen and oxygen atoms in total. The van der Waals surface area contributed by atoms with E-state index in [0.717, 1.165) is 37.1 Å². The highest BCUT2D eigenvalue weighted by Crippen LogP contribution is 2.30. The third-order valence-electron chi connectivity index (χ3n) is 5.22. The van der Waals surface area contributed by atoms with Gasteiger partial charge in [-0.25, -0.2) is 9.69 Å².